The molecule has 0 saturated heterocycles. The highest BCUT2D eigenvalue weighted by molar-refractivity contribution is 5.83. The Labute approximate surface area is 364 Å². The van der Waals surface area contributed by atoms with Crippen LogP contribution >= 0.6 is 0 Å². The van der Waals surface area contributed by atoms with Gasteiger partial charge in [-0.15, -0.1) is 0 Å². The first-order valence-electron chi connectivity index (χ1n) is 19.9. The number of carbonyl (C=O) groups excluding carboxylic acids is 4. The first-order valence-corrected chi connectivity index (χ1v) is 19.9. The van der Waals surface area contributed by atoms with Gasteiger partial charge in [-0.1, -0.05) is 117 Å². The maximum atomic E-state index is 13.3. The lowest BCUT2D eigenvalue weighted by Gasteiger charge is -2.31. The van der Waals surface area contributed by atoms with Crippen LogP contribution in [0, 0.1) is 5.41 Å². The van der Waals surface area contributed by atoms with Crippen molar-refractivity contribution in [1.29, 1.82) is 0 Å². The Morgan fingerprint density at radius 1 is 0.635 bits per heavy atom. The standard InChI is InChI=1S/C50H45N3O10/c1-5-43(55)59-29-50(30-60-44(56)6-2,31-61-45(57)7-3)32-62-49(58)33(4)63-40-26-27-41(42(54)28-40)48-52-46(38-22-18-36(19-23-38)34-14-10-8-11-15-34)51-47(53-48)39-24-20-37(21-25-39)35-16-12-9-13-17-35/h5-8,10-12,14-28,33,54H,1-3,9,13,29-32H2,4H3. The Morgan fingerprint density at radius 2 is 1.13 bits per heavy atom. The topological polar surface area (TPSA) is 173 Å². The van der Waals surface area contributed by atoms with Crippen molar-refractivity contribution >= 4 is 29.5 Å². The van der Waals surface area contributed by atoms with Crippen molar-refractivity contribution in [2.75, 3.05) is 26.4 Å². The summed E-state index contributed by atoms with van der Waals surface area (Å²) in [5.74, 6) is -2.49. The maximum absolute atomic E-state index is 13.3. The second-order valence-electron chi connectivity index (χ2n) is 14.4. The molecule has 1 aliphatic carbocycles. The smallest absolute Gasteiger partial charge is 0.347 e. The normalized spacial score (nSPS) is 12.5. The molecule has 1 heterocycles. The number of benzene rings is 4. The van der Waals surface area contributed by atoms with Gasteiger partial charge in [0.2, 0.25) is 0 Å². The molecule has 0 fully saturated rings. The van der Waals surface area contributed by atoms with E-state index in [-0.39, 0.29) is 22.9 Å². The van der Waals surface area contributed by atoms with Crippen LogP contribution in [0.4, 0.5) is 0 Å². The molecule has 1 atom stereocenters. The summed E-state index contributed by atoms with van der Waals surface area (Å²) in [6.45, 7) is 9.47. The van der Waals surface area contributed by atoms with E-state index < -0.39 is 61.8 Å². The van der Waals surface area contributed by atoms with Crippen molar-refractivity contribution in [2.24, 2.45) is 5.41 Å². The zero-order valence-corrected chi connectivity index (χ0v) is 34.6. The monoisotopic (exact) mass is 847 g/mol. The molecule has 13 nitrogen and oxygen atoms in total. The highest BCUT2D eigenvalue weighted by atomic mass is 16.6. The maximum Gasteiger partial charge on any atom is 0.347 e. The highest BCUT2D eigenvalue weighted by Gasteiger charge is 2.38. The van der Waals surface area contributed by atoms with Gasteiger partial charge in [0, 0.05) is 35.4 Å². The van der Waals surface area contributed by atoms with Gasteiger partial charge in [0.25, 0.3) is 0 Å². The summed E-state index contributed by atoms with van der Waals surface area (Å²) in [5.41, 5.74) is 4.54. The molecule has 1 N–H and O–H groups in total. The lowest BCUT2D eigenvalue weighted by atomic mass is 9.92. The second kappa shape index (κ2) is 21.0. The Balaban J connectivity index is 1.24. The minimum absolute atomic E-state index is 0.111. The molecule has 1 unspecified atom stereocenters. The van der Waals surface area contributed by atoms with Gasteiger partial charge in [0.1, 0.15) is 43.3 Å². The molecule has 5 aromatic rings. The fraction of sp³-hybridized carbons (Fsp3) is 0.180. The molecule has 63 heavy (non-hydrogen) atoms. The highest BCUT2D eigenvalue weighted by Crippen LogP contribution is 2.34. The summed E-state index contributed by atoms with van der Waals surface area (Å²) in [4.78, 5) is 63.6. The number of nitrogens with zero attached hydrogens (tertiary/aromatic N) is 3. The first-order chi connectivity index (χ1) is 30.5. The van der Waals surface area contributed by atoms with E-state index in [1.807, 2.05) is 78.9 Å². The fourth-order valence-electron chi connectivity index (χ4n) is 6.30. The zero-order valence-electron chi connectivity index (χ0n) is 34.6. The molecule has 1 aromatic heterocycles. The molecule has 320 valence electrons. The SMILES string of the molecule is C=CC(=O)OCC(COC(=O)C=C)(COC(=O)C=C)COC(=O)C(C)Oc1ccc(-c2nc(-c3ccc(C4=CCCC=C4)cc3)nc(-c3ccc(-c4ccccc4)cc3)n2)c(O)c1. The van der Waals surface area contributed by atoms with Crippen molar-refractivity contribution < 1.29 is 48.0 Å². The van der Waals surface area contributed by atoms with Crippen LogP contribution in [-0.4, -0.2) is 76.5 Å². The van der Waals surface area contributed by atoms with Gasteiger partial charge in [-0.05, 0) is 54.2 Å². The summed E-state index contributed by atoms with van der Waals surface area (Å²) in [6.07, 6.45) is 9.98. The summed E-state index contributed by atoms with van der Waals surface area (Å²) in [7, 11) is 0. The van der Waals surface area contributed by atoms with Crippen molar-refractivity contribution in [3.05, 3.63) is 159 Å². The van der Waals surface area contributed by atoms with Crippen LogP contribution in [0.2, 0.25) is 0 Å². The van der Waals surface area contributed by atoms with Gasteiger partial charge in [0.15, 0.2) is 23.6 Å². The molecular formula is C50H45N3O10. The van der Waals surface area contributed by atoms with Gasteiger partial charge in [0.05, 0.1) is 5.56 Å². The fourth-order valence-corrected chi connectivity index (χ4v) is 6.30. The number of allylic oxidation sites excluding steroid dienone is 4. The zero-order chi connectivity index (χ0) is 44.8. The first kappa shape index (κ1) is 44.6. The van der Waals surface area contributed by atoms with Gasteiger partial charge < -0.3 is 28.8 Å². The quantitative estimate of drug-likeness (QED) is 0.0477. The number of rotatable bonds is 19. The average molecular weight is 848 g/mol. The number of aromatic hydroxyl groups is 1. The Kier molecular flexibility index (Phi) is 14.9. The third-order valence-corrected chi connectivity index (χ3v) is 9.79. The van der Waals surface area contributed by atoms with E-state index in [4.69, 9.17) is 38.6 Å². The minimum Gasteiger partial charge on any atom is -0.507 e. The molecule has 0 aliphatic heterocycles. The molecule has 0 amide bonds. The Morgan fingerprint density at radius 3 is 1.63 bits per heavy atom. The molecule has 1 aliphatic rings. The third-order valence-electron chi connectivity index (χ3n) is 9.79. The molecule has 6 rings (SSSR count). The van der Waals surface area contributed by atoms with Crippen LogP contribution < -0.4 is 4.74 Å². The molecule has 13 heteroatoms. The number of hydrogen-bond acceptors (Lipinski definition) is 13. The number of aromatic nitrogens is 3. The van der Waals surface area contributed by atoms with Crippen molar-refractivity contribution in [3.63, 3.8) is 0 Å². The Bertz CT molecular complexity index is 2490. The van der Waals surface area contributed by atoms with E-state index in [0.29, 0.717) is 11.6 Å². The number of carbonyl (C=O) groups is 4. The molecule has 0 saturated carbocycles. The predicted octanol–water partition coefficient (Wildman–Crippen LogP) is 8.46. The van der Waals surface area contributed by atoms with Crippen LogP contribution in [0.25, 0.3) is 50.9 Å². The van der Waals surface area contributed by atoms with Crippen LogP contribution in [0.3, 0.4) is 0 Å². The van der Waals surface area contributed by atoms with E-state index >= 15 is 0 Å². The third kappa shape index (κ3) is 11.9. The summed E-state index contributed by atoms with van der Waals surface area (Å²) in [5, 5.41) is 11.4. The number of ether oxygens (including phenoxy) is 5. The summed E-state index contributed by atoms with van der Waals surface area (Å²) < 4.78 is 27.0. The van der Waals surface area contributed by atoms with E-state index in [2.05, 4.69) is 38.0 Å². The van der Waals surface area contributed by atoms with Gasteiger partial charge >= 0.3 is 23.9 Å². The molecule has 0 spiro atoms. The number of esters is 4. The van der Waals surface area contributed by atoms with E-state index in [1.54, 1.807) is 12.1 Å². The number of phenols is 1. The number of phenolic OH excluding ortho intramolecular Hbond substituents is 1. The number of hydrogen-bond donors (Lipinski definition) is 1. The molecule has 4 aromatic carbocycles. The Hall–Kier alpha value is -7.93. The van der Waals surface area contributed by atoms with E-state index in [0.717, 1.165) is 64.5 Å². The largest absolute Gasteiger partial charge is 0.507 e. The van der Waals surface area contributed by atoms with E-state index in [9.17, 15) is 24.3 Å². The van der Waals surface area contributed by atoms with Crippen LogP contribution in [0.5, 0.6) is 11.5 Å². The van der Waals surface area contributed by atoms with Crippen molar-refractivity contribution in [2.45, 2.75) is 25.9 Å². The van der Waals surface area contributed by atoms with Gasteiger partial charge in [-0.3, -0.25) is 0 Å². The predicted molar refractivity (Wildman–Crippen MR) is 237 cm³/mol. The summed E-state index contributed by atoms with van der Waals surface area (Å²) in [6, 6.07) is 30.3. The van der Waals surface area contributed by atoms with Crippen LogP contribution in [-0.2, 0) is 38.1 Å². The molecular weight excluding hydrogens is 803 g/mol. The van der Waals surface area contributed by atoms with Crippen molar-refractivity contribution in [1.82, 2.24) is 15.0 Å². The van der Waals surface area contributed by atoms with Crippen LogP contribution in [0.1, 0.15) is 25.3 Å². The lowest BCUT2D eigenvalue weighted by molar-refractivity contribution is -0.169. The summed E-state index contributed by atoms with van der Waals surface area (Å²) >= 11 is 0. The average Bonchev–Trinajstić information content (AvgIpc) is 3.33. The van der Waals surface area contributed by atoms with Gasteiger partial charge in [-0.25, -0.2) is 34.1 Å². The molecule has 0 radical (unpaired) electrons. The van der Waals surface area contributed by atoms with E-state index in [1.165, 1.54) is 13.0 Å². The second-order valence-corrected chi connectivity index (χ2v) is 14.4. The lowest BCUT2D eigenvalue weighted by Crippen LogP contribution is -2.44. The minimum atomic E-state index is -1.54. The van der Waals surface area contributed by atoms with Gasteiger partial charge in [-0.2, -0.15) is 0 Å². The molecule has 0 bridgehead atoms. The van der Waals surface area contributed by atoms with Crippen molar-refractivity contribution in [3.8, 4) is 56.8 Å². The van der Waals surface area contributed by atoms with Crippen LogP contribution in [0.15, 0.2) is 153 Å².